The molecule has 6 heteroatoms. The number of hydrogen-bond donors (Lipinski definition) is 2. The minimum absolute atomic E-state index is 0.243. The van der Waals surface area contributed by atoms with Crippen molar-refractivity contribution in [3.8, 4) is 0 Å². The van der Waals surface area contributed by atoms with Crippen LogP contribution in [0.25, 0.3) is 0 Å². The van der Waals surface area contributed by atoms with Gasteiger partial charge < -0.3 is 10.6 Å². The van der Waals surface area contributed by atoms with Gasteiger partial charge in [0.15, 0.2) is 0 Å². The molecule has 5 nitrogen and oxygen atoms in total. The molecule has 0 aliphatic heterocycles. The minimum atomic E-state index is -0.321. The summed E-state index contributed by atoms with van der Waals surface area (Å²) in [5.74, 6) is 0.0803. The van der Waals surface area contributed by atoms with E-state index in [0.29, 0.717) is 22.4 Å². The highest BCUT2D eigenvalue weighted by atomic mass is 35.5. The van der Waals surface area contributed by atoms with Crippen LogP contribution < -0.4 is 10.6 Å². The van der Waals surface area contributed by atoms with Crippen LogP contribution in [0.2, 0.25) is 5.02 Å². The Morgan fingerprint density at radius 2 is 1.90 bits per heavy atom. The van der Waals surface area contributed by atoms with Gasteiger partial charge in [0.25, 0.3) is 5.91 Å². The number of para-hydroxylation sites is 1. The molecule has 0 aliphatic rings. The Kier molecular flexibility index (Phi) is 4.43. The predicted octanol–water partition coefficient (Wildman–Crippen LogP) is 3.40. The first kappa shape index (κ1) is 15.3. The Morgan fingerprint density at radius 3 is 2.57 bits per heavy atom. The van der Waals surface area contributed by atoms with Gasteiger partial charge in [0.1, 0.15) is 5.69 Å². The van der Waals surface area contributed by atoms with E-state index in [0.717, 1.165) is 0 Å². The van der Waals surface area contributed by atoms with Crippen LogP contribution in [0.5, 0.6) is 0 Å². The molecule has 21 heavy (non-hydrogen) atoms. The van der Waals surface area contributed by atoms with E-state index in [4.69, 9.17) is 11.6 Å². The van der Waals surface area contributed by atoms with Crippen LogP contribution in [0.1, 0.15) is 31.3 Å². The average molecular weight is 305 g/mol. The van der Waals surface area contributed by atoms with Gasteiger partial charge in [-0.2, -0.15) is 0 Å². The maximum atomic E-state index is 12.1. The minimum Gasteiger partial charge on any atom is -0.346 e. The number of rotatable bonds is 3. The summed E-state index contributed by atoms with van der Waals surface area (Å²) in [6, 6.07) is 8.83. The van der Waals surface area contributed by atoms with Crippen LogP contribution in [0.15, 0.2) is 36.5 Å². The van der Waals surface area contributed by atoms with Crippen molar-refractivity contribution in [1.82, 2.24) is 15.3 Å². The standard InChI is InChI=1S/C15H17ClN4O/c1-15(2,3)20-13(21)12-8-9-17-14(19-12)18-11-7-5-4-6-10(11)16/h4-9H,1-3H3,(H,20,21)(H,17,18,19). The Balaban J connectivity index is 2.18. The monoisotopic (exact) mass is 304 g/mol. The van der Waals surface area contributed by atoms with Crippen molar-refractivity contribution in [2.45, 2.75) is 26.3 Å². The van der Waals surface area contributed by atoms with E-state index in [2.05, 4.69) is 20.6 Å². The van der Waals surface area contributed by atoms with Gasteiger partial charge in [0.2, 0.25) is 5.95 Å². The van der Waals surface area contributed by atoms with Crippen molar-refractivity contribution in [3.05, 3.63) is 47.2 Å². The van der Waals surface area contributed by atoms with Crippen LogP contribution >= 0.6 is 11.6 Å². The molecule has 0 aliphatic carbocycles. The third-order valence-electron chi connectivity index (χ3n) is 2.50. The summed E-state index contributed by atoms with van der Waals surface area (Å²) in [6.07, 6.45) is 1.53. The van der Waals surface area contributed by atoms with Crippen LogP contribution in [0.3, 0.4) is 0 Å². The lowest BCUT2D eigenvalue weighted by molar-refractivity contribution is 0.0914. The number of hydrogen-bond acceptors (Lipinski definition) is 4. The van der Waals surface area contributed by atoms with Gasteiger partial charge in [-0.05, 0) is 39.0 Å². The summed E-state index contributed by atoms with van der Waals surface area (Å²) in [5.41, 5.74) is 0.667. The average Bonchev–Trinajstić information content (AvgIpc) is 2.40. The van der Waals surface area contributed by atoms with Gasteiger partial charge in [0.05, 0.1) is 10.7 Å². The van der Waals surface area contributed by atoms with Gasteiger partial charge in [-0.3, -0.25) is 4.79 Å². The molecule has 2 N–H and O–H groups in total. The molecule has 0 saturated heterocycles. The molecule has 1 amide bonds. The van der Waals surface area contributed by atoms with Crippen molar-refractivity contribution in [2.75, 3.05) is 5.32 Å². The first-order valence-electron chi connectivity index (χ1n) is 6.52. The molecule has 2 rings (SSSR count). The zero-order valence-corrected chi connectivity index (χ0v) is 12.9. The number of halogens is 1. The molecule has 0 radical (unpaired) electrons. The first-order chi connectivity index (χ1) is 9.85. The third kappa shape index (κ3) is 4.43. The zero-order chi connectivity index (χ0) is 15.5. The van der Waals surface area contributed by atoms with Crippen LogP contribution in [0, 0.1) is 0 Å². The second-order valence-electron chi connectivity index (χ2n) is 5.57. The molecule has 0 fully saturated rings. The number of aromatic nitrogens is 2. The third-order valence-corrected chi connectivity index (χ3v) is 2.83. The van der Waals surface area contributed by atoms with Crippen molar-refractivity contribution in [3.63, 3.8) is 0 Å². The first-order valence-corrected chi connectivity index (χ1v) is 6.90. The van der Waals surface area contributed by atoms with Gasteiger partial charge in [-0.25, -0.2) is 9.97 Å². The largest absolute Gasteiger partial charge is 0.346 e. The number of carbonyl (C=O) groups excluding carboxylic acids is 1. The van der Waals surface area contributed by atoms with E-state index < -0.39 is 0 Å². The molecule has 0 saturated carbocycles. The molecule has 0 atom stereocenters. The predicted molar refractivity (Wildman–Crippen MR) is 84.0 cm³/mol. The quantitative estimate of drug-likeness (QED) is 0.912. The van der Waals surface area contributed by atoms with Crippen LogP contribution in [-0.4, -0.2) is 21.4 Å². The zero-order valence-electron chi connectivity index (χ0n) is 12.1. The Bertz CT molecular complexity index is 652. The van der Waals surface area contributed by atoms with Gasteiger partial charge in [0, 0.05) is 11.7 Å². The molecule has 0 bridgehead atoms. The Labute approximate surface area is 128 Å². The fourth-order valence-corrected chi connectivity index (χ4v) is 1.82. The number of carbonyl (C=O) groups is 1. The highest BCUT2D eigenvalue weighted by molar-refractivity contribution is 6.33. The van der Waals surface area contributed by atoms with Gasteiger partial charge >= 0.3 is 0 Å². The second-order valence-corrected chi connectivity index (χ2v) is 5.98. The van der Waals surface area contributed by atoms with E-state index in [1.165, 1.54) is 6.20 Å². The smallest absolute Gasteiger partial charge is 0.270 e. The SMILES string of the molecule is CC(C)(C)NC(=O)c1ccnc(Nc2ccccc2Cl)n1. The number of nitrogens with zero attached hydrogens (tertiary/aromatic N) is 2. The normalized spacial score (nSPS) is 11.0. The van der Waals surface area contributed by atoms with Crippen molar-refractivity contribution < 1.29 is 4.79 Å². The van der Waals surface area contributed by atoms with Gasteiger partial charge in [-0.1, -0.05) is 23.7 Å². The lowest BCUT2D eigenvalue weighted by Crippen LogP contribution is -2.41. The summed E-state index contributed by atoms with van der Waals surface area (Å²) < 4.78 is 0. The summed E-state index contributed by atoms with van der Waals surface area (Å²) in [6.45, 7) is 5.74. The van der Waals surface area contributed by atoms with Crippen LogP contribution in [-0.2, 0) is 0 Å². The summed E-state index contributed by atoms with van der Waals surface area (Å²) >= 11 is 6.07. The number of benzene rings is 1. The summed E-state index contributed by atoms with van der Waals surface area (Å²) in [4.78, 5) is 20.4. The molecule has 0 unspecified atom stereocenters. The van der Waals surface area contributed by atoms with E-state index in [1.54, 1.807) is 12.1 Å². The van der Waals surface area contributed by atoms with E-state index >= 15 is 0 Å². The fourth-order valence-electron chi connectivity index (χ4n) is 1.63. The highest BCUT2D eigenvalue weighted by Gasteiger charge is 2.16. The van der Waals surface area contributed by atoms with E-state index in [1.807, 2.05) is 39.0 Å². The highest BCUT2D eigenvalue weighted by Crippen LogP contribution is 2.23. The molecule has 1 aromatic carbocycles. The Hall–Kier alpha value is -2.14. The summed E-state index contributed by atoms with van der Waals surface area (Å²) in [7, 11) is 0. The molecular formula is C15H17ClN4O. The van der Waals surface area contributed by atoms with Crippen molar-refractivity contribution in [1.29, 1.82) is 0 Å². The lowest BCUT2D eigenvalue weighted by atomic mass is 10.1. The molecule has 110 valence electrons. The fraction of sp³-hybridized carbons (Fsp3) is 0.267. The molecule has 1 heterocycles. The second kappa shape index (κ2) is 6.10. The van der Waals surface area contributed by atoms with Crippen LogP contribution in [0.4, 0.5) is 11.6 Å². The van der Waals surface area contributed by atoms with E-state index in [-0.39, 0.29) is 11.4 Å². The van der Waals surface area contributed by atoms with Crippen molar-refractivity contribution in [2.24, 2.45) is 0 Å². The van der Waals surface area contributed by atoms with Gasteiger partial charge in [-0.15, -0.1) is 0 Å². The Morgan fingerprint density at radius 1 is 1.19 bits per heavy atom. The summed E-state index contributed by atoms with van der Waals surface area (Å²) in [5, 5.41) is 6.41. The van der Waals surface area contributed by atoms with Crippen molar-refractivity contribution >= 4 is 29.1 Å². The van der Waals surface area contributed by atoms with E-state index in [9.17, 15) is 4.79 Å². The maximum Gasteiger partial charge on any atom is 0.270 e. The maximum absolute atomic E-state index is 12.1. The molecule has 0 spiro atoms. The number of amides is 1. The topological polar surface area (TPSA) is 66.9 Å². The number of anilines is 2. The molecule has 1 aromatic heterocycles. The number of nitrogens with one attached hydrogen (secondary N) is 2. The molecular weight excluding hydrogens is 288 g/mol. The lowest BCUT2D eigenvalue weighted by Gasteiger charge is -2.20. The molecule has 2 aromatic rings.